The quantitative estimate of drug-likeness (QED) is 0.166. The van der Waals surface area contributed by atoms with Crippen LogP contribution >= 0.6 is 0 Å². The van der Waals surface area contributed by atoms with Crippen LogP contribution in [0.25, 0.3) is 55.5 Å². The van der Waals surface area contributed by atoms with Crippen molar-refractivity contribution in [2.45, 2.75) is 107 Å². The fourth-order valence-corrected chi connectivity index (χ4v) is 8.46. The summed E-state index contributed by atoms with van der Waals surface area (Å²) in [6.45, 7) is 18.0. The Kier molecular flexibility index (Phi) is 10.4. The van der Waals surface area contributed by atoms with Crippen LogP contribution in [0.3, 0.4) is 0 Å². The summed E-state index contributed by atoms with van der Waals surface area (Å²) in [6.07, 6.45) is 7.26. The summed E-state index contributed by atoms with van der Waals surface area (Å²) in [5.74, 6) is 1.57. The number of hydrogen-bond donors (Lipinski definition) is 2. The van der Waals surface area contributed by atoms with Gasteiger partial charge in [-0.05, 0) is 132 Å². The SMILES string of the molecule is CCC1=C(CC)c2cc3[nH]c(cc4[nH]c(c(CC)c4CC)c(-c4cc(OC)ccc4OC)c4nc(cc1n2)C(CC)=C4CC)c(CC)c3CC. The maximum Gasteiger partial charge on any atom is 0.127 e. The Labute approximate surface area is 298 Å². The smallest absolute Gasteiger partial charge is 0.127 e. The number of aromatic amines is 2. The Hall–Kier alpha value is -4.58. The van der Waals surface area contributed by atoms with Gasteiger partial charge < -0.3 is 19.4 Å². The van der Waals surface area contributed by atoms with Crippen molar-refractivity contribution in [1.29, 1.82) is 0 Å². The molecule has 6 heteroatoms. The lowest BCUT2D eigenvalue weighted by molar-refractivity contribution is 0.404. The zero-order valence-corrected chi connectivity index (χ0v) is 31.8. The molecule has 1 aromatic carbocycles. The highest BCUT2D eigenvalue weighted by molar-refractivity contribution is 6.03. The minimum absolute atomic E-state index is 0.780. The molecule has 2 N–H and O–H groups in total. The van der Waals surface area contributed by atoms with E-state index >= 15 is 0 Å². The number of ether oxygens (including phenoxy) is 2. The number of H-pyrrole nitrogens is 2. The predicted octanol–water partition coefficient (Wildman–Crippen LogP) is 11.7. The van der Waals surface area contributed by atoms with E-state index in [9.17, 15) is 0 Å². The first-order valence-corrected chi connectivity index (χ1v) is 18.8. The van der Waals surface area contributed by atoms with Crippen molar-refractivity contribution in [3.8, 4) is 22.6 Å². The van der Waals surface area contributed by atoms with Gasteiger partial charge in [-0.2, -0.15) is 0 Å². The standard InChI is InChI=1S/C44H54N4O2/c1-11-26-28(13-3)37-23-39-30(15-5)32(17-7)43(47-39)42(34-21-25(49-9)19-20-41(34)50-10)44-33(18-8)31(16-6)40(48-44)24-38-29(14-4)27(12-2)36(46-38)22-35(26)45-37/h19-24,45,47H,11-18H2,1-10H3. The van der Waals surface area contributed by atoms with E-state index in [-0.39, 0.29) is 0 Å². The average Bonchev–Trinajstić information content (AvgIpc) is 3.87. The molecule has 6 nitrogen and oxygen atoms in total. The van der Waals surface area contributed by atoms with Gasteiger partial charge in [0.05, 0.1) is 42.5 Å². The first-order chi connectivity index (χ1) is 24.3. The number of fused-ring (bicyclic) bond motifs is 8. The van der Waals surface area contributed by atoms with Gasteiger partial charge in [0.1, 0.15) is 11.5 Å². The zero-order chi connectivity index (χ0) is 35.7. The third kappa shape index (κ3) is 5.76. The Morgan fingerprint density at radius 3 is 1.58 bits per heavy atom. The lowest BCUT2D eigenvalue weighted by atomic mass is 9.92. The fourth-order valence-electron chi connectivity index (χ4n) is 8.46. The molecule has 0 saturated carbocycles. The third-order valence-electron chi connectivity index (χ3n) is 10.8. The summed E-state index contributed by atoms with van der Waals surface area (Å²) in [7, 11) is 3.47. The summed E-state index contributed by atoms with van der Waals surface area (Å²) < 4.78 is 11.9. The second-order valence-electron chi connectivity index (χ2n) is 13.1. The van der Waals surface area contributed by atoms with E-state index in [1.165, 1.54) is 44.5 Å². The molecule has 0 radical (unpaired) electrons. The maximum absolute atomic E-state index is 6.09. The summed E-state index contributed by atoms with van der Waals surface area (Å²) in [4.78, 5) is 18.9. The lowest BCUT2D eigenvalue weighted by Crippen LogP contribution is -1.96. The summed E-state index contributed by atoms with van der Waals surface area (Å²) in [5.41, 5.74) is 21.2. The van der Waals surface area contributed by atoms with Gasteiger partial charge in [0, 0.05) is 27.7 Å². The first kappa shape index (κ1) is 35.3. The third-order valence-corrected chi connectivity index (χ3v) is 10.8. The van der Waals surface area contributed by atoms with Crippen LogP contribution in [0.15, 0.2) is 36.4 Å². The molecule has 0 fully saturated rings. The first-order valence-electron chi connectivity index (χ1n) is 18.8. The van der Waals surface area contributed by atoms with Crippen molar-refractivity contribution >= 4 is 44.4 Å². The maximum atomic E-state index is 6.09. The highest BCUT2D eigenvalue weighted by Gasteiger charge is 2.27. The Morgan fingerprint density at radius 2 is 1.02 bits per heavy atom. The topological polar surface area (TPSA) is 75.8 Å². The van der Waals surface area contributed by atoms with Crippen molar-refractivity contribution in [3.63, 3.8) is 0 Å². The van der Waals surface area contributed by atoms with Crippen LogP contribution in [-0.4, -0.2) is 34.2 Å². The molecule has 2 aliphatic heterocycles. The van der Waals surface area contributed by atoms with Gasteiger partial charge in [-0.25, -0.2) is 9.97 Å². The van der Waals surface area contributed by atoms with E-state index in [0.717, 1.165) is 119 Å². The molecule has 0 amide bonds. The molecule has 3 aromatic heterocycles. The molecular weight excluding hydrogens is 617 g/mol. The van der Waals surface area contributed by atoms with Crippen LogP contribution in [0.5, 0.6) is 11.5 Å². The minimum atomic E-state index is 0.780. The molecule has 0 spiro atoms. The number of aryl methyl sites for hydroxylation is 4. The monoisotopic (exact) mass is 670 g/mol. The van der Waals surface area contributed by atoms with E-state index < -0.39 is 0 Å². The summed E-state index contributed by atoms with van der Waals surface area (Å²) in [5, 5.41) is 0. The van der Waals surface area contributed by atoms with Crippen molar-refractivity contribution < 1.29 is 9.47 Å². The van der Waals surface area contributed by atoms with Gasteiger partial charge in [-0.1, -0.05) is 55.4 Å². The van der Waals surface area contributed by atoms with Crippen molar-refractivity contribution in [3.05, 3.63) is 81.4 Å². The summed E-state index contributed by atoms with van der Waals surface area (Å²) >= 11 is 0. The number of nitrogens with zero attached hydrogens (tertiary/aromatic N) is 2. The highest BCUT2D eigenvalue weighted by atomic mass is 16.5. The van der Waals surface area contributed by atoms with E-state index in [2.05, 4.69) is 89.6 Å². The average molecular weight is 671 g/mol. The fraction of sp³-hybridized carbons (Fsp3) is 0.409. The van der Waals surface area contributed by atoms with Gasteiger partial charge >= 0.3 is 0 Å². The van der Waals surface area contributed by atoms with E-state index in [1.807, 2.05) is 12.1 Å². The molecule has 2 aliphatic rings. The highest BCUT2D eigenvalue weighted by Crippen LogP contribution is 2.46. The Bertz CT molecular complexity index is 2180. The van der Waals surface area contributed by atoms with Gasteiger partial charge in [-0.3, -0.25) is 0 Å². The molecule has 50 heavy (non-hydrogen) atoms. The molecular formula is C44H54N4O2. The second-order valence-corrected chi connectivity index (χ2v) is 13.1. The molecule has 0 saturated heterocycles. The van der Waals surface area contributed by atoms with Crippen LogP contribution < -0.4 is 9.47 Å². The predicted molar refractivity (Wildman–Crippen MR) is 212 cm³/mol. The molecule has 5 heterocycles. The molecule has 6 rings (SSSR count). The zero-order valence-electron chi connectivity index (χ0n) is 31.8. The molecule has 0 unspecified atom stereocenters. The van der Waals surface area contributed by atoms with Gasteiger partial charge in [-0.15, -0.1) is 0 Å². The number of methoxy groups -OCH3 is 2. The van der Waals surface area contributed by atoms with Crippen LogP contribution in [0.2, 0.25) is 0 Å². The van der Waals surface area contributed by atoms with E-state index in [0.29, 0.717) is 0 Å². The number of allylic oxidation sites excluding steroid dienone is 4. The number of hydrogen-bond acceptors (Lipinski definition) is 4. The number of rotatable bonds is 11. The van der Waals surface area contributed by atoms with E-state index in [1.54, 1.807) is 14.2 Å². The molecule has 0 atom stereocenters. The minimum Gasteiger partial charge on any atom is -0.497 e. The van der Waals surface area contributed by atoms with Crippen molar-refractivity contribution in [1.82, 2.24) is 19.9 Å². The normalized spacial score (nSPS) is 13.1. The number of nitrogens with one attached hydrogen (secondary N) is 2. The number of benzene rings is 1. The summed E-state index contributed by atoms with van der Waals surface area (Å²) in [6, 6.07) is 13.0. The molecule has 262 valence electrons. The Balaban J connectivity index is 1.96. The van der Waals surface area contributed by atoms with Crippen LogP contribution in [0.4, 0.5) is 0 Å². The van der Waals surface area contributed by atoms with Gasteiger partial charge in [0.2, 0.25) is 0 Å². The van der Waals surface area contributed by atoms with Crippen LogP contribution in [0, 0.1) is 0 Å². The van der Waals surface area contributed by atoms with Crippen LogP contribution in [-0.2, 0) is 25.7 Å². The van der Waals surface area contributed by atoms with Gasteiger partial charge in [0.15, 0.2) is 0 Å². The lowest BCUT2D eigenvalue weighted by Gasteiger charge is -2.15. The van der Waals surface area contributed by atoms with E-state index in [4.69, 9.17) is 19.4 Å². The second kappa shape index (κ2) is 14.7. The molecule has 0 aliphatic carbocycles. The van der Waals surface area contributed by atoms with Crippen molar-refractivity contribution in [2.75, 3.05) is 14.2 Å². The van der Waals surface area contributed by atoms with Crippen LogP contribution in [0.1, 0.15) is 126 Å². The molecule has 8 bridgehead atoms. The van der Waals surface area contributed by atoms with Crippen molar-refractivity contribution in [2.24, 2.45) is 0 Å². The largest absolute Gasteiger partial charge is 0.497 e. The Morgan fingerprint density at radius 1 is 0.500 bits per heavy atom. The van der Waals surface area contributed by atoms with Gasteiger partial charge in [0.25, 0.3) is 0 Å². The molecule has 4 aromatic rings. The number of aromatic nitrogens is 4.